The van der Waals surface area contributed by atoms with E-state index in [4.69, 9.17) is 4.74 Å². The lowest BCUT2D eigenvalue weighted by Gasteiger charge is -2.27. The zero-order valence-corrected chi connectivity index (χ0v) is 16.2. The van der Waals surface area contributed by atoms with Gasteiger partial charge in [-0.2, -0.15) is 0 Å². The van der Waals surface area contributed by atoms with E-state index >= 15 is 0 Å². The van der Waals surface area contributed by atoms with Crippen LogP contribution in [0.5, 0.6) is 0 Å². The first-order chi connectivity index (χ1) is 12.4. The predicted octanol–water partition coefficient (Wildman–Crippen LogP) is 2.79. The number of hydrogen-bond donors (Lipinski definition) is 0. The van der Waals surface area contributed by atoms with E-state index in [1.165, 1.54) is 0 Å². The molecule has 1 aromatic rings. The van der Waals surface area contributed by atoms with Gasteiger partial charge >= 0.3 is 0 Å². The maximum atomic E-state index is 13.0. The molecule has 26 heavy (non-hydrogen) atoms. The number of ether oxygens (including phenoxy) is 1. The van der Waals surface area contributed by atoms with Crippen LogP contribution >= 0.6 is 0 Å². The molecule has 142 valence electrons. The lowest BCUT2D eigenvalue weighted by molar-refractivity contribution is -0.137. The van der Waals surface area contributed by atoms with Crippen molar-refractivity contribution < 1.29 is 14.3 Å². The third-order valence-electron chi connectivity index (χ3n) is 5.87. The minimum absolute atomic E-state index is 0.0931. The van der Waals surface area contributed by atoms with E-state index in [9.17, 15) is 9.59 Å². The Morgan fingerprint density at radius 1 is 1.08 bits per heavy atom. The molecule has 3 rings (SSSR count). The second-order valence-corrected chi connectivity index (χ2v) is 7.84. The van der Waals surface area contributed by atoms with Crippen LogP contribution < -0.4 is 0 Å². The smallest absolute Gasteiger partial charge is 0.253 e. The molecule has 1 spiro atoms. The van der Waals surface area contributed by atoms with Gasteiger partial charge in [0, 0.05) is 38.9 Å². The Labute approximate surface area is 156 Å². The summed E-state index contributed by atoms with van der Waals surface area (Å²) in [5, 5.41) is 0. The first-order valence-corrected chi connectivity index (χ1v) is 9.61. The molecule has 2 fully saturated rings. The van der Waals surface area contributed by atoms with E-state index in [1.807, 2.05) is 35.8 Å². The molecule has 0 radical (unpaired) electrons. The third kappa shape index (κ3) is 3.78. The number of rotatable bonds is 4. The van der Waals surface area contributed by atoms with E-state index in [2.05, 4.69) is 6.07 Å². The van der Waals surface area contributed by atoms with Gasteiger partial charge in [0.15, 0.2) is 0 Å². The van der Waals surface area contributed by atoms with Crippen LogP contribution in [-0.2, 0) is 9.53 Å². The van der Waals surface area contributed by atoms with Crippen LogP contribution in [0.3, 0.4) is 0 Å². The number of amides is 2. The second kappa shape index (κ2) is 7.78. The quantitative estimate of drug-likeness (QED) is 0.832. The zero-order chi connectivity index (χ0) is 18.7. The standard InChI is InChI=1S/C21H30N2O3/c1-16-13-17(2)15-18(14-16)19(24)22-8-4-5-21(6-9-22)7-10-23(20(21)25)11-12-26-3/h13-15H,4-12H2,1-3H3. The fourth-order valence-electron chi connectivity index (χ4n) is 4.45. The van der Waals surface area contributed by atoms with Gasteiger partial charge in [-0.25, -0.2) is 0 Å². The van der Waals surface area contributed by atoms with Gasteiger partial charge in [0.25, 0.3) is 5.91 Å². The minimum Gasteiger partial charge on any atom is -0.383 e. The highest BCUT2D eigenvalue weighted by atomic mass is 16.5. The second-order valence-electron chi connectivity index (χ2n) is 7.84. The molecule has 2 amide bonds. The highest BCUT2D eigenvalue weighted by Gasteiger charge is 2.47. The Hall–Kier alpha value is -1.88. The summed E-state index contributed by atoms with van der Waals surface area (Å²) in [6, 6.07) is 6.01. The average Bonchev–Trinajstić information content (AvgIpc) is 2.78. The van der Waals surface area contributed by atoms with Crippen LogP contribution in [0.4, 0.5) is 0 Å². The van der Waals surface area contributed by atoms with E-state index in [1.54, 1.807) is 7.11 Å². The van der Waals surface area contributed by atoms with Crippen LogP contribution in [0.1, 0.15) is 47.2 Å². The number of hydrogen-bond acceptors (Lipinski definition) is 3. The molecule has 1 aromatic carbocycles. The molecule has 1 atom stereocenters. The first-order valence-electron chi connectivity index (χ1n) is 9.61. The predicted molar refractivity (Wildman–Crippen MR) is 101 cm³/mol. The van der Waals surface area contributed by atoms with Crippen molar-refractivity contribution in [3.05, 3.63) is 34.9 Å². The van der Waals surface area contributed by atoms with Crippen molar-refractivity contribution in [3.8, 4) is 0 Å². The number of benzene rings is 1. The Balaban J connectivity index is 1.68. The van der Waals surface area contributed by atoms with Crippen molar-refractivity contribution in [1.29, 1.82) is 0 Å². The molecule has 0 saturated carbocycles. The fraction of sp³-hybridized carbons (Fsp3) is 0.619. The molecule has 0 aromatic heterocycles. The van der Waals surface area contributed by atoms with Crippen LogP contribution in [0.25, 0.3) is 0 Å². The molecule has 5 nitrogen and oxygen atoms in total. The zero-order valence-electron chi connectivity index (χ0n) is 16.2. The molecule has 5 heteroatoms. The van der Waals surface area contributed by atoms with Crippen molar-refractivity contribution in [2.24, 2.45) is 5.41 Å². The van der Waals surface area contributed by atoms with Gasteiger partial charge in [0.1, 0.15) is 0 Å². The van der Waals surface area contributed by atoms with Crippen LogP contribution in [0, 0.1) is 19.3 Å². The lowest BCUT2D eigenvalue weighted by atomic mass is 9.79. The lowest BCUT2D eigenvalue weighted by Crippen LogP contribution is -2.37. The normalized spacial score (nSPS) is 23.6. The van der Waals surface area contributed by atoms with Gasteiger partial charge in [-0.1, -0.05) is 17.2 Å². The molecule has 1 unspecified atom stereocenters. The number of aryl methyl sites for hydroxylation is 2. The molecular weight excluding hydrogens is 328 g/mol. The molecule has 0 N–H and O–H groups in total. The number of carbonyl (C=O) groups is 2. The van der Waals surface area contributed by atoms with Gasteiger partial charge in [-0.05, 0) is 51.7 Å². The number of carbonyl (C=O) groups excluding carboxylic acids is 2. The largest absolute Gasteiger partial charge is 0.383 e. The van der Waals surface area contributed by atoms with Crippen molar-refractivity contribution in [3.63, 3.8) is 0 Å². The van der Waals surface area contributed by atoms with E-state index in [0.717, 1.165) is 55.5 Å². The van der Waals surface area contributed by atoms with Gasteiger partial charge in [-0.15, -0.1) is 0 Å². The Morgan fingerprint density at radius 3 is 2.46 bits per heavy atom. The summed E-state index contributed by atoms with van der Waals surface area (Å²) in [4.78, 5) is 29.8. The summed E-state index contributed by atoms with van der Waals surface area (Å²) in [7, 11) is 1.67. The summed E-state index contributed by atoms with van der Waals surface area (Å²) in [5.41, 5.74) is 2.71. The number of nitrogens with zero attached hydrogens (tertiary/aromatic N) is 2. The molecule has 0 bridgehead atoms. The Morgan fingerprint density at radius 2 is 1.77 bits per heavy atom. The highest BCUT2D eigenvalue weighted by Crippen LogP contribution is 2.41. The number of methoxy groups -OCH3 is 1. The van der Waals surface area contributed by atoms with Crippen molar-refractivity contribution >= 4 is 11.8 Å². The van der Waals surface area contributed by atoms with Crippen LogP contribution in [0.15, 0.2) is 18.2 Å². The van der Waals surface area contributed by atoms with Crippen LogP contribution in [0.2, 0.25) is 0 Å². The molecule has 2 aliphatic heterocycles. The van der Waals surface area contributed by atoms with Gasteiger partial charge < -0.3 is 14.5 Å². The van der Waals surface area contributed by atoms with E-state index in [-0.39, 0.29) is 17.2 Å². The van der Waals surface area contributed by atoms with Gasteiger partial charge in [0.05, 0.1) is 12.0 Å². The molecular formula is C21H30N2O3. The molecule has 2 saturated heterocycles. The van der Waals surface area contributed by atoms with Crippen molar-refractivity contribution in [2.75, 3.05) is 39.9 Å². The SMILES string of the molecule is COCCN1CCC2(CCCN(C(=O)c3cc(C)cc(C)c3)CC2)C1=O. The van der Waals surface area contributed by atoms with Crippen molar-refractivity contribution in [2.45, 2.75) is 39.5 Å². The summed E-state index contributed by atoms with van der Waals surface area (Å²) in [6.45, 7) is 7.50. The topological polar surface area (TPSA) is 49.9 Å². The maximum absolute atomic E-state index is 13.0. The van der Waals surface area contributed by atoms with Gasteiger partial charge in [0.2, 0.25) is 5.91 Å². The maximum Gasteiger partial charge on any atom is 0.253 e. The summed E-state index contributed by atoms with van der Waals surface area (Å²) in [6.07, 6.45) is 3.44. The van der Waals surface area contributed by atoms with E-state index in [0.29, 0.717) is 19.7 Å². The molecule has 2 aliphatic rings. The van der Waals surface area contributed by atoms with E-state index < -0.39 is 0 Å². The highest BCUT2D eigenvalue weighted by molar-refractivity contribution is 5.94. The summed E-state index contributed by atoms with van der Waals surface area (Å²) < 4.78 is 5.12. The van der Waals surface area contributed by atoms with Crippen molar-refractivity contribution in [1.82, 2.24) is 9.80 Å². The first kappa shape index (κ1) is 18.9. The number of likely N-dealkylation sites (tertiary alicyclic amines) is 2. The van der Waals surface area contributed by atoms with Gasteiger partial charge in [-0.3, -0.25) is 9.59 Å². The fourth-order valence-corrected chi connectivity index (χ4v) is 4.45. The minimum atomic E-state index is -0.273. The Bertz CT molecular complexity index is 668. The summed E-state index contributed by atoms with van der Waals surface area (Å²) in [5.74, 6) is 0.353. The monoisotopic (exact) mass is 358 g/mol. The average molecular weight is 358 g/mol. The molecule has 2 heterocycles. The third-order valence-corrected chi connectivity index (χ3v) is 5.87. The summed E-state index contributed by atoms with van der Waals surface area (Å²) >= 11 is 0. The Kier molecular flexibility index (Phi) is 5.66. The van der Waals surface area contributed by atoms with Crippen LogP contribution in [-0.4, -0.2) is 61.5 Å². The molecule has 0 aliphatic carbocycles.